The van der Waals surface area contributed by atoms with Crippen LogP contribution >= 0.6 is 0 Å². The lowest BCUT2D eigenvalue weighted by atomic mass is 10.2. The summed E-state index contributed by atoms with van der Waals surface area (Å²) in [7, 11) is -2.88. The largest absolute Gasteiger partial charge is 0.382 e. The van der Waals surface area contributed by atoms with Crippen molar-refractivity contribution in [1.29, 1.82) is 0 Å². The van der Waals surface area contributed by atoms with Crippen molar-refractivity contribution in [3.63, 3.8) is 0 Å². The zero-order valence-electron chi connectivity index (χ0n) is 15.6. The molecule has 2 aromatic heterocycles. The summed E-state index contributed by atoms with van der Waals surface area (Å²) in [6.07, 6.45) is 6.86. The number of rotatable bonds is 10. The van der Waals surface area contributed by atoms with Crippen molar-refractivity contribution >= 4 is 26.7 Å². The molecule has 0 amide bonds. The minimum absolute atomic E-state index is 0.300. The van der Waals surface area contributed by atoms with Crippen molar-refractivity contribution in [3.8, 4) is 0 Å². The topological polar surface area (TPSA) is 90.9 Å². The molecule has 0 saturated carbocycles. The van der Waals surface area contributed by atoms with E-state index in [1.165, 1.54) is 0 Å². The summed E-state index contributed by atoms with van der Waals surface area (Å²) in [5.41, 5.74) is 8.87. The molecule has 2 heterocycles. The van der Waals surface area contributed by atoms with Gasteiger partial charge in [-0.15, -0.1) is 0 Å². The normalized spacial score (nSPS) is 12.1. The van der Waals surface area contributed by atoms with Gasteiger partial charge in [0.05, 0.1) is 17.0 Å². The molecule has 2 aromatic rings. The number of nitrogen functional groups attached to an aromatic ring is 1. The number of anilines is 1. The number of pyridine rings is 1. The third-order valence-corrected chi connectivity index (χ3v) is 6.34. The maximum absolute atomic E-state index is 11.9. The molecule has 2 N–H and O–H groups in total. The van der Waals surface area contributed by atoms with Crippen LogP contribution in [-0.4, -0.2) is 34.5 Å². The number of nitrogens with two attached hydrogens (primary N) is 1. The Balaban J connectivity index is 1.98. The number of nitrogens with zero attached hydrogens (tertiary/aromatic N) is 3. The SMILES string of the molecule is CCCCS(=O)(=O)CCCCCn1c(CC)nc2c(N)ncc(C)c21. The number of sulfone groups is 1. The number of unbranched alkanes of at least 4 members (excludes halogenated alkanes) is 3. The molecule has 0 unspecified atom stereocenters. The van der Waals surface area contributed by atoms with Gasteiger partial charge in [0.15, 0.2) is 5.82 Å². The highest BCUT2D eigenvalue weighted by molar-refractivity contribution is 7.91. The van der Waals surface area contributed by atoms with E-state index in [0.29, 0.717) is 17.3 Å². The number of hydrogen-bond acceptors (Lipinski definition) is 5. The molecule has 0 aliphatic carbocycles. The lowest BCUT2D eigenvalue weighted by Crippen LogP contribution is -2.11. The van der Waals surface area contributed by atoms with Crippen LogP contribution in [-0.2, 0) is 22.8 Å². The van der Waals surface area contributed by atoms with Gasteiger partial charge in [0.2, 0.25) is 0 Å². The van der Waals surface area contributed by atoms with Gasteiger partial charge >= 0.3 is 0 Å². The molecule has 2 rings (SSSR count). The minimum atomic E-state index is -2.88. The second-order valence-electron chi connectivity index (χ2n) is 6.62. The van der Waals surface area contributed by atoms with Crippen molar-refractivity contribution in [1.82, 2.24) is 14.5 Å². The Bertz CT molecular complexity index is 812. The standard InChI is InChI=1S/C18H30N4O2S/c1-4-6-11-25(23,24)12-9-7-8-10-22-15(5-2)21-16-17(22)14(3)13-20-18(16)19/h13H,4-12H2,1-3H3,(H2,19,20). The van der Waals surface area contributed by atoms with Crippen LogP contribution < -0.4 is 5.73 Å². The highest BCUT2D eigenvalue weighted by Crippen LogP contribution is 2.24. The molecule has 140 valence electrons. The van der Waals surface area contributed by atoms with Gasteiger partial charge in [-0.25, -0.2) is 18.4 Å². The molecule has 0 aliphatic rings. The Labute approximate surface area is 150 Å². The smallest absolute Gasteiger partial charge is 0.151 e. The summed E-state index contributed by atoms with van der Waals surface area (Å²) in [5.74, 6) is 2.10. The van der Waals surface area contributed by atoms with E-state index >= 15 is 0 Å². The van der Waals surface area contributed by atoms with Crippen LogP contribution in [0, 0.1) is 6.92 Å². The molecule has 25 heavy (non-hydrogen) atoms. The monoisotopic (exact) mass is 366 g/mol. The first-order valence-electron chi connectivity index (χ1n) is 9.20. The van der Waals surface area contributed by atoms with Crippen LogP contribution in [0.4, 0.5) is 5.82 Å². The van der Waals surface area contributed by atoms with Crippen LogP contribution in [0.5, 0.6) is 0 Å². The fourth-order valence-corrected chi connectivity index (χ4v) is 4.69. The first kappa shape index (κ1) is 19.7. The number of hydrogen-bond donors (Lipinski definition) is 1. The van der Waals surface area contributed by atoms with E-state index < -0.39 is 9.84 Å². The molecule has 0 aromatic carbocycles. The van der Waals surface area contributed by atoms with Crippen molar-refractivity contribution < 1.29 is 8.42 Å². The summed E-state index contributed by atoms with van der Waals surface area (Å²) < 4.78 is 26.0. The molecule has 0 fully saturated rings. The fourth-order valence-electron chi connectivity index (χ4n) is 3.11. The average molecular weight is 367 g/mol. The van der Waals surface area contributed by atoms with Gasteiger partial charge in [0.25, 0.3) is 0 Å². The van der Waals surface area contributed by atoms with Crippen molar-refractivity contribution in [2.75, 3.05) is 17.2 Å². The maximum atomic E-state index is 11.9. The van der Waals surface area contributed by atoms with Crippen LogP contribution in [0.3, 0.4) is 0 Å². The van der Waals surface area contributed by atoms with E-state index in [1.54, 1.807) is 6.20 Å². The lowest BCUT2D eigenvalue weighted by molar-refractivity contribution is 0.572. The molecule has 0 aliphatic heterocycles. The summed E-state index contributed by atoms with van der Waals surface area (Å²) in [6, 6.07) is 0. The highest BCUT2D eigenvalue weighted by atomic mass is 32.2. The lowest BCUT2D eigenvalue weighted by Gasteiger charge is -2.10. The van der Waals surface area contributed by atoms with E-state index in [2.05, 4.69) is 21.5 Å². The van der Waals surface area contributed by atoms with Gasteiger partial charge in [0, 0.05) is 19.2 Å². The quantitative estimate of drug-likeness (QED) is 0.652. The Morgan fingerprint density at radius 1 is 1.12 bits per heavy atom. The Kier molecular flexibility index (Phi) is 6.81. The number of fused-ring (bicyclic) bond motifs is 1. The van der Waals surface area contributed by atoms with Gasteiger partial charge in [0.1, 0.15) is 21.2 Å². The molecule has 0 atom stereocenters. The van der Waals surface area contributed by atoms with E-state index in [9.17, 15) is 8.42 Å². The van der Waals surface area contributed by atoms with Crippen LogP contribution in [0.15, 0.2) is 6.20 Å². The highest BCUT2D eigenvalue weighted by Gasteiger charge is 2.15. The summed E-state index contributed by atoms with van der Waals surface area (Å²) in [6.45, 7) is 6.95. The molecule has 0 bridgehead atoms. The third-order valence-electron chi connectivity index (χ3n) is 4.52. The zero-order valence-corrected chi connectivity index (χ0v) is 16.4. The fraction of sp³-hybridized carbons (Fsp3) is 0.667. The summed E-state index contributed by atoms with van der Waals surface area (Å²) >= 11 is 0. The maximum Gasteiger partial charge on any atom is 0.151 e. The Morgan fingerprint density at radius 3 is 2.52 bits per heavy atom. The third kappa shape index (κ3) is 4.93. The number of imidazole rings is 1. The van der Waals surface area contributed by atoms with Crippen molar-refractivity contribution in [2.24, 2.45) is 0 Å². The first-order valence-corrected chi connectivity index (χ1v) is 11.0. The van der Waals surface area contributed by atoms with E-state index in [-0.39, 0.29) is 0 Å². The molecule has 6 nitrogen and oxygen atoms in total. The average Bonchev–Trinajstić information content (AvgIpc) is 2.96. The molecular weight excluding hydrogens is 336 g/mol. The zero-order chi connectivity index (χ0) is 18.4. The van der Waals surface area contributed by atoms with E-state index in [0.717, 1.165) is 67.5 Å². The van der Waals surface area contributed by atoms with Crippen LogP contribution in [0.2, 0.25) is 0 Å². The van der Waals surface area contributed by atoms with Gasteiger partial charge in [-0.3, -0.25) is 0 Å². The predicted octanol–water partition coefficient (Wildman–Crippen LogP) is 3.27. The van der Waals surface area contributed by atoms with Gasteiger partial charge in [-0.2, -0.15) is 0 Å². The number of aromatic nitrogens is 3. The van der Waals surface area contributed by atoms with Crippen molar-refractivity contribution in [2.45, 2.75) is 65.8 Å². The van der Waals surface area contributed by atoms with Crippen molar-refractivity contribution in [3.05, 3.63) is 17.6 Å². The predicted molar refractivity (Wildman–Crippen MR) is 103 cm³/mol. The molecule has 0 radical (unpaired) electrons. The van der Waals surface area contributed by atoms with E-state index in [1.807, 2.05) is 13.8 Å². The molecule has 7 heteroatoms. The molecule has 0 saturated heterocycles. The van der Waals surface area contributed by atoms with Crippen LogP contribution in [0.1, 0.15) is 57.3 Å². The van der Waals surface area contributed by atoms with Gasteiger partial charge in [-0.1, -0.05) is 26.7 Å². The van der Waals surface area contributed by atoms with E-state index in [4.69, 9.17) is 5.73 Å². The second-order valence-corrected chi connectivity index (χ2v) is 8.93. The summed E-state index contributed by atoms with van der Waals surface area (Å²) in [5, 5.41) is 0. The van der Waals surface area contributed by atoms with Crippen LogP contribution in [0.25, 0.3) is 11.0 Å². The first-order chi connectivity index (χ1) is 11.9. The Hall–Kier alpha value is -1.63. The van der Waals surface area contributed by atoms with Gasteiger partial charge < -0.3 is 10.3 Å². The second kappa shape index (κ2) is 8.65. The summed E-state index contributed by atoms with van der Waals surface area (Å²) in [4.78, 5) is 8.84. The molecule has 0 spiro atoms. The van der Waals surface area contributed by atoms with Gasteiger partial charge in [-0.05, 0) is 31.7 Å². The minimum Gasteiger partial charge on any atom is -0.382 e. The number of aryl methyl sites for hydroxylation is 3. The Morgan fingerprint density at radius 2 is 1.84 bits per heavy atom. The molecular formula is C18H30N4O2S.